The summed E-state index contributed by atoms with van der Waals surface area (Å²) in [5, 5.41) is 16.4. The summed E-state index contributed by atoms with van der Waals surface area (Å²) >= 11 is 6.77. The number of halogens is 2. The van der Waals surface area contributed by atoms with E-state index in [0.717, 1.165) is 18.8 Å². The van der Waals surface area contributed by atoms with Gasteiger partial charge in [0, 0.05) is 43.3 Å². The van der Waals surface area contributed by atoms with Gasteiger partial charge in [-0.25, -0.2) is 13.9 Å². The predicted octanol–water partition coefficient (Wildman–Crippen LogP) is 4.16. The van der Waals surface area contributed by atoms with Gasteiger partial charge in [-0.1, -0.05) is 18.5 Å². The second kappa shape index (κ2) is 8.52. The molecule has 0 spiro atoms. The number of carbonyl (C=O) groups is 1. The van der Waals surface area contributed by atoms with Crippen LogP contribution in [0.5, 0.6) is 0 Å². The summed E-state index contributed by atoms with van der Waals surface area (Å²) in [4.78, 5) is 19.1. The molecule has 1 aliphatic heterocycles. The fraction of sp³-hybridized carbons (Fsp3) is 0.391. The van der Waals surface area contributed by atoms with Crippen LogP contribution >= 0.6 is 11.6 Å². The lowest BCUT2D eigenvalue weighted by Crippen LogP contribution is -2.54. The van der Waals surface area contributed by atoms with E-state index in [0.29, 0.717) is 45.3 Å². The molecule has 3 aromatic heterocycles. The van der Waals surface area contributed by atoms with Gasteiger partial charge in [0.2, 0.25) is 5.91 Å². The lowest BCUT2D eigenvalue weighted by molar-refractivity contribution is 0.0899. The van der Waals surface area contributed by atoms with Crippen molar-refractivity contribution in [1.29, 1.82) is 0 Å². The zero-order valence-corrected chi connectivity index (χ0v) is 20.2. The maximum absolute atomic E-state index is 14.6. The number of benzene rings is 1. The number of piperazine rings is 1. The number of aromatic nitrogens is 5. The number of carbonyl (C=O) groups excluding carboxylic acids is 1. The monoisotopic (exact) mass is 484 g/mol. The van der Waals surface area contributed by atoms with E-state index < -0.39 is 5.82 Å². The van der Waals surface area contributed by atoms with Gasteiger partial charge in [0.15, 0.2) is 17.3 Å². The summed E-state index contributed by atoms with van der Waals surface area (Å²) in [6.45, 7) is 9.41. The smallest absolute Gasteiger partial charge is 0.247 e. The Labute approximate surface area is 200 Å². The topological polar surface area (TPSA) is 92.4 Å². The van der Waals surface area contributed by atoms with E-state index in [1.165, 1.54) is 15.3 Å². The van der Waals surface area contributed by atoms with Gasteiger partial charge < -0.3 is 15.5 Å². The third-order valence-electron chi connectivity index (χ3n) is 5.94. The van der Waals surface area contributed by atoms with Gasteiger partial charge in [-0.05, 0) is 32.9 Å². The number of anilines is 3. The van der Waals surface area contributed by atoms with Crippen molar-refractivity contribution in [3.63, 3.8) is 0 Å². The highest BCUT2D eigenvalue weighted by atomic mass is 35.5. The van der Waals surface area contributed by atoms with E-state index in [-0.39, 0.29) is 18.0 Å². The largest absolute Gasteiger partial charge is 0.368 e. The Morgan fingerprint density at radius 2 is 1.97 bits per heavy atom. The Morgan fingerprint density at radius 1 is 1.24 bits per heavy atom. The van der Waals surface area contributed by atoms with Crippen LogP contribution in [0.4, 0.5) is 21.6 Å². The van der Waals surface area contributed by atoms with Crippen molar-refractivity contribution in [2.45, 2.75) is 46.2 Å². The number of hydrogen-bond donors (Lipinski definition) is 2. The van der Waals surface area contributed by atoms with E-state index in [9.17, 15) is 9.18 Å². The van der Waals surface area contributed by atoms with Gasteiger partial charge in [0.25, 0.3) is 0 Å². The highest BCUT2D eigenvalue weighted by molar-refractivity contribution is 6.37. The van der Waals surface area contributed by atoms with Gasteiger partial charge >= 0.3 is 0 Å². The van der Waals surface area contributed by atoms with Crippen molar-refractivity contribution in [3.05, 3.63) is 41.1 Å². The van der Waals surface area contributed by atoms with Crippen LogP contribution in [0.1, 0.15) is 37.8 Å². The number of hydrogen-bond acceptors (Lipinski definition) is 7. The lowest BCUT2D eigenvalue weighted by atomic mass is 10.1. The second-order valence-corrected chi connectivity index (χ2v) is 9.24. The molecule has 0 bridgehead atoms. The average Bonchev–Trinajstić information content (AvgIpc) is 3.33. The molecule has 0 amide bonds. The molecule has 5 rings (SSSR count). The molecular formula is C23H26ClFN8O. The molecule has 0 radical (unpaired) electrons. The molecular weight excluding hydrogens is 459 g/mol. The van der Waals surface area contributed by atoms with Crippen LogP contribution in [-0.4, -0.2) is 55.5 Å². The molecule has 0 aliphatic carbocycles. The van der Waals surface area contributed by atoms with Crippen molar-refractivity contribution in [2.24, 2.45) is 0 Å². The zero-order chi connectivity index (χ0) is 24.1. The maximum Gasteiger partial charge on any atom is 0.247 e. The Balaban J connectivity index is 1.61. The van der Waals surface area contributed by atoms with Crippen molar-refractivity contribution in [2.75, 3.05) is 23.3 Å². The van der Waals surface area contributed by atoms with Crippen LogP contribution in [0.25, 0.3) is 16.6 Å². The molecule has 1 saturated heterocycles. The van der Waals surface area contributed by atoms with Crippen LogP contribution in [0.3, 0.4) is 0 Å². The molecule has 9 nitrogen and oxygen atoms in total. The van der Waals surface area contributed by atoms with E-state index >= 15 is 0 Å². The van der Waals surface area contributed by atoms with Gasteiger partial charge in [-0.2, -0.15) is 9.78 Å². The van der Waals surface area contributed by atoms with Crippen LogP contribution in [0, 0.1) is 12.7 Å². The number of fused-ring (bicyclic) bond motifs is 2. The number of nitrogens with one attached hydrogen (secondary N) is 2. The Kier molecular flexibility index (Phi) is 5.65. The van der Waals surface area contributed by atoms with Gasteiger partial charge in [-0.15, -0.1) is 5.10 Å². The maximum atomic E-state index is 14.6. The first-order valence-corrected chi connectivity index (χ1v) is 11.7. The fourth-order valence-electron chi connectivity index (χ4n) is 4.59. The van der Waals surface area contributed by atoms with E-state index in [1.54, 1.807) is 20.0 Å². The van der Waals surface area contributed by atoms with Crippen molar-refractivity contribution in [3.8, 4) is 0 Å². The molecule has 1 aromatic carbocycles. The van der Waals surface area contributed by atoms with E-state index in [2.05, 4.69) is 44.6 Å². The summed E-state index contributed by atoms with van der Waals surface area (Å²) in [5.74, 6) is 0.147. The van der Waals surface area contributed by atoms with Gasteiger partial charge in [0.1, 0.15) is 5.82 Å². The fourth-order valence-corrected chi connectivity index (χ4v) is 4.89. The van der Waals surface area contributed by atoms with Crippen LogP contribution in [-0.2, 0) is 0 Å². The minimum absolute atomic E-state index is 0.141. The Bertz CT molecular complexity index is 1400. The number of pyridine rings is 1. The first-order chi connectivity index (χ1) is 16.2. The zero-order valence-electron chi connectivity index (χ0n) is 19.4. The third-order valence-corrected chi connectivity index (χ3v) is 6.24. The summed E-state index contributed by atoms with van der Waals surface area (Å²) in [6.07, 6.45) is 1.90. The quantitative estimate of drug-likeness (QED) is 0.449. The van der Waals surface area contributed by atoms with Crippen molar-refractivity contribution >= 4 is 51.3 Å². The Hall–Kier alpha value is -3.24. The summed E-state index contributed by atoms with van der Waals surface area (Å²) < 4.78 is 17.3. The molecule has 0 saturated carbocycles. The molecule has 4 heterocycles. The lowest BCUT2D eigenvalue weighted by Gasteiger charge is -2.37. The van der Waals surface area contributed by atoms with Crippen LogP contribution in [0.15, 0.2) is 24.4 Å². The normalized spacial score (nSPS) is 18.7. The first-order valence-electron chi connectivity index (χ1n) is 11.3. The Morgan fingerprint density at radius 3 is 2.68 bits per heavy atom. The number of aryl methyl sites for hydroxylation is 1. The minimum Gasteiger partial charge on any atom is -0.368 e. The van der Waals surface area contributed by atoms with E-state index in [1.807, 2.05) is 12.1 Å². The van der Waals surface area contributed by atoms with Crippen LogP contribution in [0.2, 0.25) is 5.02 Å². The average molecular weight is 485 g/mol. The molecule has 11 heteroatoms. The molecule has 2 atom stereocenters. The summed E-state index contributed by atoms with van der Waals surface area (Å²) in [6, 6.07) is 5.81. The summed E-state index contributed by atoms with van der Waals surface area (Å²) in [5.41, 5.74) is 2.09. The van der Waals surface area contributed by atoms with Crippen molar-refractivity contribution < 1.29 is 9.18 Å². The molecule has 4 aromatic rings. The van der Waals surface area contributed by atoms with Crippen LogP contribution < -0.4 is 15.5 Å². The predicted molar refractivity (Wildman–Crippen MR) is 131 cm³/mol. The standard InChI is InChI=1S/C23H26ClFN8O/c1-5-20(34)33-19-8-16(31-9-12(2)26-13(3)10-31)7-17(24)21(19)22(30-33)28-15-6-18(25)23-27-14(4)29-32(23)11-15/h6-8,11-13,26H,5,9-10H2,1-4H3,(H,28,30)/t12-,13+. The number of rotatable bonds is 4. The molecule has 2 N–H and O–H groups in total. The first kappa shape index (κ1) is 22.5. The van der Waals surface area contributed by atoms with Crippen molar-refractivity contribution in [1.82, 2.24) is 29.7 Å². The third kappa shape index (κ3) is 3.97. The molecule has 1 fully saturated rings. The molecule has 34 heavy (non-hydrogen) atoms. The number of nitrogens with zero attached hydrogens (tertiary/aromatic N) is 6. The van der Waals surface area contributed by atoms with Gasteiger partial charge in [0.05, 0.1) is 27.8 Å². The van der Waals surface area contributed by atoms with E-state index in [4.69, 9.17) is 11.6 Å². The van der Waals surface area contributed by atoms with Gasteiger partial charge in [-0.3, -0.25) is 4.79 Å². The molecule has 1 aliphatic rings. The molecule has 178 valence electrons. The minimum atomic E-state index is -0.519. The second-order valence-electron chi connectivity index (χ2n) is 8.83. The molecule has 0 unspecified atom stereocenters. The summed E-state index contributed by atoms with van der Waals surface area (Å²) in [7, 11) is 0. The highest BCUT2D eigenvalue weighted by Gasteiger charge is 2.25. The highest BCUT2D eigenvalue weighted by Crippen LogP contribution is 2.36. The SMILES string of the molecule is CCC(=O)n1nc(Nc2cc(F)c3nc(C)nn3c2)c2c(Cl)cc(N3C[C@@H](C)N[C@@H](C)C3)cc21.